The van der Waals surface area contributed by atoms with Gasteiger partial charge in [0.2, 0.25) is 5.82 Å². The highest BCUT2D eigenvalue weighted by molar-refractivity contribution is 7.90. The fourth-order valence-electron chi connectivity index (χ4n) is 4.09. The fraction of sp³-hybridized carbons (Fsp3) is 0.292. The number of carbonyl (C=O) groups is 1. The Bertz CT molecular complexity index is 1380. The van der Waals surface area contributed by atoms with Gasteiger partial charge in [0, 0.05) is 24.9 Å². The molecule has 1 aliphatic rings. The maximum Gasteiger partial charge on any atom is 0.451 e. The Labute approximate surface area is 204 Å². The molecule has 1 saturated heterocycles. The van der Waals surface area contributed by atoms with Crippen LogP contribution in [-0.4, -0.2) is 48.8 Å². The number of piperidine rings is 1. The average Bonchev–Trinajstić information content (AvgIpc) is 2.83. The second kappa shape index (κ2) is 9.49. The van der Waals surface area contributed by atoms with Gasteiger partial charge in [-0.2, -0.15) is 13.2 Å². The van der Waals surface area contributed by atoms with Gasteiger partial charge in [-0.25, -0.2) is 22.8 Å². The van der Waals surface area contributed by atoms with E-state index in [4.69, 9.17) is 0 Å². The van der Waals surface area contributed by atoms with Crippen molar-refractivity contribution < 1.29 is 35.9 Å². The zero-order valence-electron chi connectivity index (χ0n) is 19.0. The molecule has 0 atom stereocenters. The number of anilines is 1. The van der Waals surface area contributed by atoms with E-state index in [0.717, 1.165) is 18.4 Å². The number of carboxylic acid groups (broad SMARTS) is 1. The van der Waals surface area contributed by atoms with E-state index in [-0.39, 0.29) is 53.5 Å². The van der Waals surface area contributed by atoms with Gasteiger partial charge >= 0.3 is 12.1 Å². The first-order valence-corrected chi connectivity index (χ1v) is 12.8. The minimum atomic E-state index is -4.89. The number of hydrogen-bond acceptors (Lipinski definition) is 6. The van der Waals surface area contributed by atoms with Gasteiger partial charge in [0.15, 0.2) is 9.84 Å². The summed E-state index contributed by atoms with van der Waals surface area (Å²) in [5, 5.41) is 9.31. The van der Waals surface area contributed by atoms with Crippen LogP contribution in [0, 0.1) is 11.7 Å². The highest BCUT2D eigenvalue weighted by Gasteiger charge is 2.38. The Balaban J connectivity index is 1.95. The molecular weight excluding hydrogens is 502 g/mol. The van der Waals surface area contributed by atoms with E-state index in [9.17, 15) is 35.9 Å². The molecule has 0 unspecified atom stereocenters. The number of nitrogens with zero attached hydrogens (tertiary/aromatic N) is 3. The molecule has 0 aliphatic carbocycles. The molecule has 0 amide bonds. The number of halogens is 4. The molecule has 2 aromatic carbocycles. The normalized spacial score (nSPS) is 15.2. The van der Waals surface area contributed by atoms with Crippen LogP contribution in [0.3, 0.4) is 0 Å². The second-order valence-electron chi connectivity index (χ2n) is 8.50. The number of hydrogen-bond donors (Lipinski definition) is 1. The summed E-state index contributed by atoms with van der Waals surface area (Å²) < 4.78 is 79.0. The molecule has 1 fully saturated rings. The van der Waals surface area contributed by atoms with Gasteiger partial charge in [-0.1, -0.05) is 24.3 Å². The third-order valence-corrected chi connectivity index (χ3v) is 7.10. The first-order valence-electron chi connectivity index (χ1n) is 10.9. The largest absolute Gasteiger partial charge is 0.481 e. The lowest BCUT2D eigenvalue weighted by Crippen LogP contribution is -2.37. The molecular formula is C24H21F4N3O4S. The number of carboxylic acids is 1. The van der Waals surface area contributed by atoms with E-state index in [1.807, 2.05) is 0 Å². The maximum atomic E-state index is 13.9. The highest BCUT2D eigenvalue weighted by atomic mass is 32.2. The first kappa shape index (κ1) is 25.5. The molecule has 2 heterocycles. The van der Waals surface area contributed by atoms with Crippen molar-refractivity contribution >= 4 is 21.6 Å². The lowest BCUT2D eigenvalue weighted by atomic mass is 9.95. The SMILES string of the molecule is CS(=O)(=O)c1ccc(-c2nc(C(F)(F)F)nc(N3CCC(C(=O)O)CC3)c2-c2ccc(F)cc2)cc1. The summed E-state index contributed by atoms with van der Waals surface area (Å²) in [6.07, 6.45) is -3.46. The van der Waals surface area contributed by atoms with E-state index in [1.165, 1.54) is 36.4 Å². The molecule has 0 saturated carbocycles. The van der Waals surface area contributed by atoms with E-state index in [2.05, 4.69) is 9.97 Å². The van der Waals surface area contributed by atoms with Gasteiger partial charge in [0.25, 0.3) is 0 Å². The smallest absolute Gasteiger partial charge is 0.451 e. The van der Waals surface area contributed by atoms with E-state index in [1.54, 1.807) is 4.90 Å². The standard InChI is InChI=1S/C24H21F4N3O4S/c1-36(34,35)18-8-4-15(5-9-18)20-19(14-2-6-17(25)7-3-14)21(30-23(29-20)24(26,27)28)31-12-10-16(11-13-31)22(32)33/h2-9,16H,10-13H2,1H3,(H,32,33). The molecule has 12 heteroatoms. The predicted octanol–water partition coefficient (Wildman–Crippen LogP) is 4.67. The van der Waals surface area contributed by atoms with Gasteiger partial charge in [-0.3, -0.25) is 4.79 Å². The van der Waals surface area contributed by atoms with Crippen LogP contribution in [0.25, 0.3) is 22.4 Å². The lowest BCUT2D eigenvalue weighted by Gasteiger charge is -2.33. The molecule has 1 aromatic heterocycles. The van der Waals surface area contributed by atoms with Crippen molar-refractivity contribution in [2.75, 3.05) is 24.2 Å². The second-order valence-corrected chi connectivity index (χ2v) is 10.5. The summed E-state index contributed by atoms with van der Waals surface area (Å²) in [6, 6.07) is 10.3. The number of aromatic nitrogens is 2. The summed E-state index contributed by atoms with van der Waals surface area (Å²) >= 11 is 0. The van der Waals surface area contributed by atoms with Crippen LogP contribution >= 0.6 is 0 Å². The van der Waals surface area contributed by atoms with Gasteiger partial charge in [0.05, 0.1) is 22.1 Å². The first-order chi connectivity index (χ1) is 16.8. The summed E-state index contributed by atoms with van der Waals surface area (Å²) in [6.45, 7) is 0.290. The Kier molecular flexibility index (Phi) is 6.74. The van der Waals surface area contributed by atoms with Crippen LogP contribution < -0.4 is 4.90 Å². The molecule has 3 aromatic rings. The number of benzene rings is 2. The molecule has 190 valence electrons. The highest BCUT2D eigenvalue weighted by Crippen LogP contribution is 2.41. The Hall–Kier alpha value is -3.54. The van der Waals surface area contributed by atoms with E-state index in [0.29, 0.717) is 5.56 Å². The number of sulfone groups is 1. The molecule has 0 bridgehead atoms. The molecule has 36 heavy (non-hydrogen) atoms. The number of alkyl halides is 3. The lowest BCUT2D eigenvalue weighted by molar-refractivity contribution is -0.144. The van der Waals surface area contributed by atoms with Gasteiger partial charge in [-0.15, -0.1) is 0 Å². The Morgan fingerprint density at radius 3 is 2.03 bits per heavy atom. The molecule has 0 spiro atoms. The minimum Gasteiger partial charge on any atom is -0.481 e. The van der Waals surface area contributed by atoms with Gasteiger partial charge < -0.3 is 10.0 Å². The van der Waals surface area contributed by atoms with Crippen LogP contribution in [-0.2, 0) is 20.8 Å². The Morgan fingerprint density at radius 2 is 1.53 bits per heavy atom. The quantitative estimate of drug-likeness (QED) is 0.485. The van der Waals surface area contributed by atoms with Crippen molar-refractivity contribution in [3.63, 3.8) is 0 Å². The molecule has 1 N–H and O–H groups in total. The van der Waals surface area contributed by atoms with Crippen molar-refractivity contribution in [2.24, 2.45) is 5.92 Å². The molecule has 0 radical (unpaired) electrons. The number of aliphatic carboxylic acids is 1. The zero-order chi connectivity index (χ0) is 26.3. The summed E-state index contributed by atoms with van der Waals surface area (Å²) in [4.78, 5) is 20.6. The van der Waals surface area contributed by atoms with Crippen LogP contribution in [0.2, 0.25) is 0 Å². The maximum absolute atomic E-state index is 13.9. The summed E-state index contributed by atoms with van der Waals surface area (Å²) in [5.41, 5.74) is 0.641. The number of rotatable bonds is 5. The van der Waals surface area contributed by atoms with Crippen LogP contribution in [0.5, 0.6) is 0 Å². The van der Waals surface area contributed by atoms with Crippen LogP contribution in [0.15, 0.2) is 53.4 Å². The van der Waals surface area contributed by atoms with Crippen LogP contribution in [0.4, 0.5) is 23.4 Å². The topological polar surface area (TPSA) is 100 Å². The molecule has 1 aliphatic heterocycles. The van der Waals surface area contributed by atoms with Crippen molar-refractivity contribution in [3.8, 4) is 22.4 Å². The predicted molar refractivity (Wildman–Crippen MR) is 124 cm³/mol. The Morgan fingerprint density at radius 1 is 0.972 bits per heavy atom. The summed E-state index contributed by atoms with van der Waals surface area (Å²) in [5.74, 6) is -3.60. The van der Waals surface area contributed by atoms with Gasteiger partial charge in [-0.05, 0) is 42.7 Å². The average molecular weight is 524 g/mol. The van der Waals surface area contributed by atoms with E-state index >= 15 is 0 Å². The van der Waals surface area contributed by atoms with E-state index < -0.39 is 39.5 Å². The third-order valence-electron chi connectivity index (χ3n) is 5.98. The monoisotopic (exact) mass is 523 g/mol. The zero-order valence-corrected chi connectivity index (χ0v) is 19.8. The van der Waals surface area contributed by atoms with Gasteiger partial charge in [0.1, 0.15) is 11.6 Å². The van der Waals surface area contributed by atoms with Crippen molar-refractivity contribution in [1.29, 1.82) is 0 Å². The molecule has 7 nitrogen and oxygen atoms in total. The van der Waals surface area contributed by atoms with Crippen molar-refractivity contribution in [3.05, 3.63) is 60.2 Å². The van der Waals surface area contributed by atoms with Crippen molar-refractivity contribution in [1.82, 2.24) is 9.97 Å². The third kappa shape index (κ3) is 5.32. The molecule has 4 rings (SSSR count). The summed E-state index contributed by atoms with van der Waals surface area (Å²) in [7, 11) is -3.55. The fourth-order valence-corrected chi connectivity index (χ4v) is 4.72. The van der Waals surface area contributed by atoms with Crippen LogP contribution in [0.1, 0.15) is 18.7 Å². The van der Waals surface area contributed by atoms with Crippen molar-refractivity contribution in [2.45, 2.75) is 23.9 Å². The minimum absolute atomic E-state index is 0.0179.